The number of aromatic nitrogens is 2. The van der Waals surface area contributed by atoms with Gasteiger partial charge in [-0.15, -0.1) is 10.2 Å². The second-order valence-electron chi connectivity index (χ2n) is 8.29. The molecule has 0 bridgehead atoms. The van der Waals surface area contributed by atoms with Gasteiger partial charge in [0.1, 0.15) is 12.4 Å². The van der Waals surface area contributed by atoms with Gasteiger partial charge < -0.3 is 28.1 Å². The maximum absolute atomic E-state index is 12.2. The van der Waals surface area contributed by atoms with Crippen LogP contribution in [0.4, 0.5) is 0 Å². The van der Waals surface area contributed by atoms with E-state index in [9.17, 15) is 4.79 Å². The van der Waals surface area contributed by atoms with Crippen LogP contribution in [-0.4, -0.2) is 42.0 Å². The van der Waals surface area contributed by atoms with Crippen LogP contribution in [0.3, 0.4) is 0 Å². The molecule has 0 spiro atoms. The van der Waals surface area contributed by atoms with Gasteiger partial charge in [0, 0.05) is 5.02 Å². The van der Waals surface area contributed by atoms with Gasteiger partial charge in [-0.3, -0.25) is 4.79 Å². The number of amides is 1. The highest BCUT2D eigenvalue weighted by Crippen LogP contribution is 2.34. The number of thioether (sulfide) groups is 1. The topological polar surface area (TPSA) is 127 Å². The fourth-order valence-electron chi connectivity index (χ4n) is 3.50. The number of ether oxygens (including phenoxy) is 5. The van der Waals surface area contributed by atoms with Crippen molar-refractivity contribution in [1.82, 2.24) is 15.6 Å². The molecule has 1 N–H and O–H groups in total. The number of hydrazone groups is 1. The quantitative estimate of drug-likeness (QED) is 0.123. The third-order valence-electron chi connectivity index (χ3n) is 5.44. The molecule has 1 aliphatic rings. The zero-order valence-corrected chi connectivity index (χ0v) is 23.8. The molecule has 0 saturated carbocycles. The molecule has 11 nitrogen and oxygen atoms in total. The summed E-state index contributed by atoms with van der Waals surface area (Å²) >= 11 is 13.0. The summed E-state index contributed by atoms with van der Waals surface area (Å²) in [7, 11) is 1.55. The van der Waals surface area contributed by atoms with Gasteiger partial charge in [0.05, 0.1) is 24.1 Å². The number of hydrogen-bond acceptors (Lipinski definition) is 11. The van der Waals surface area contributed by atoms with E-state index in [1.54, 1.807) is 43.5 Å². The van der Waals surface area contributed by atoms with Crippen LogP contribution in [0.15, 0.2) is 69.3 Å². The van der Waals surface area contributed by atoms with Crippen molar-refractivity contribution in [3.8, 4) is 28.7 Å². The zero-order chi connectivity index (χ0) is 28.6. The molecule has 4 aromatic rings. The molecule has 0 radical (unpaired) electrons. The molecule has 41 heavy (non-hydrogen) atoms. The predicted octanol–water partition coefficient (Wildman–Crippen LogP) is 5.51. The van der Waals surface area contributed by atoms with E-state index in [1.807, 2.05) is 18.2 Å². The van der Waals surface area contributed by atoms with Gasteiger partial charge in [-0.2, -0.15) is 5.10 Å². The van der Waals surface area contributed by atoms with Crippen LogP contribution < -0.4 is 29.1 Å². The third kappa shape index (κ3) is 7.75. The minimum atomic E-state index is -0.356. The monoisotopic (exact) mass is 616 g/mol. The number of nitrogens with one attached hydrogen (secondary N) is 1. The second kappa shape index (κ2) is 13.5. The Morgan fingerprint density at radius 2 is 1.83 bits per heavy atom. The van der Waals surface area contributed by atoms with Gasteiger partial charge in [0.15, 0.2) is 29.6 Å². The number of rotatable bonds is 12. The Hall–Kier alpha value is -4.13. The number of nitrogens with zero attached hydrogens (tertiary/aromatic N) is 3. The van der Waals surface area contributed by atoms with Crippen molar-refractivity contribution < 1.29 is 32.9 Å². The number of carbonyl (C=O) groups is 1. The minimum Gasteiger partial charge on any atom is -0.493 e. The van der Waals surface area contributed by atoms with E-state index < -0.39 is 0 Å². The summed E-state index contributed by atoms with van der Waals surface area (Å²) in [6.45, 7) is 0.546. The van der Waals surface area contributed by atoms with Crippen molar-refractivity contribution in [1.29, 1.82) is 0 Å². The Morgan fingerprint density at radius 3 is 2.68 bits per heavy atom. The Labute approximate surface area is 248 Å². The summed E-state index contributed by atoms with van der Waals surface area (Å²) in [5.41, 5.74) is 4.09. The average molecular weight is 617 g/mol. The van der Waals surface area contributed by atoms with Crippen molar-refractivity contribution in [2.45, 2.75) is 18.4 Å². The third-order valence-corrected chi connectivity index (χ3v) is 6.79. The van der Waals surface area contributed by atoms with Gasteiger partial charge >= 0.3 is 0 Å². The Bertz CT molecular complexity index is 1570. The number of halogens is 2. The molecule has 0 fully saturated rings. The zero-order valence-electron chi connectivity index (χ0n) is 21.5. The van der Waals surface area contributed by atoms with Gasteiger partial charge in [0.25, 0.3) is 17.0 Å². The molecule has 5 rings (SSSR count). The highest BCUT2D eigenvalue weighted by molar-refractivity contribution is 7.99. The van der Waals surface area contributed by atoms with Gasteiger partial charge in [-0.25, -0.2) is 5.43 Å². The molecule has 0 unspecified atom stereocenters. The van der Waals surface area contributed by atoms with Gasteiger partial charge in [-0.05, 0) is 59.7 Å². The average Bonchev–Trinajstić information content (AvgIpc) is 3.64. The second-order valence-corrected chi connectivity index (χ2v) is 10.1. The van der Waals surface area contributed by atoms with E-state index in [-0.39, 0.29) is 36.2 Å². The number of carbonyl (C=O) groups excluding carboxylic acids is 1. The van der Waals surface area contributed by atoms with E-state index >= 15 is 0 Å². The lowest BCUT2D eigenvalue weighted by molar-refractivity contribution is -0.118. The highest BCUT2D eigenvalue weighted by atomic mass is 35.5. The molecule has 0 aliphatic carbocycles. The summed E-state index contributed by atoms with van der Waals surface area (Å²) in [5, 5.41) is 12.9. The highest BCUT2D eigenvalue weighted by Gasteiger charge is 2.14. The molecular weight excluding hydrogens is 595 g/mol. The maximum atomic E-state index is 12.2. The first kappa shape index (κ1) is 28.4. The lowest BCUT2D eigenvalue weighted by Crippen LogP contribution is -2.19. The first-order valence-electron chi connectivity index (χ1n) is 12.0. The largest absolute Gasteiger partial charge is 0.493 e. The van der Waals surface area contributed by atoms with Crippen molar-refractivity contribution >= 4 is 47.1 Å². The lowest BCUT2D eigenvalue weighted by Gasteiger charge is -2.11. The maximum Gasteiger partial charge on any atom is 0.277 e. The van der Waals surface area contributed by atoms with E-state index in [0.29, 0.717) is 51.0 Å². The SMILES string of the molecule is COc1cc(/C=N\NC(=O)CSc2nnc(COc3ccc(Cl)cc3Cl)o2)ccc1OCc1ccc2c(c1)OCO2. The Kier molecular flexibility index (Phi) is 9.34. The van der Waals surface area contributed by atoms with Crippen LogP contribution in [0.5, 0.6) is 28.7 Å². The van der Waals surface area contributed by atoms with E-state index in [2.05, 4.69) is 20.7 Å². The number of hydrogen-bond donors (Lipinski definition) is 1. The first-order chi connectivity index (χ1) is 20.0. The van der Waals surface area contributed by atoms with E-state index in [4.69, 9.17) is 51.3 Å². The molecular formula is C27H22Cl2N4O7S. The number of benzene rings is 3. The smallest absolute Gasteiger partial charge is 0.277 e. The fraction of sp³-hybridized carbons (Fsp3) is 0.185. The molecule has 0 atom stereocenters. The van der Waals surface area contributed by atoms with Crippen molar-refractivity contribution in [2.24, 2.45) is 5.10 Å². The Balaban J connectivity index is 1.06. The summed E-state index contributed by atoms with van der Waals surface area (Å²) in [4.78, 5) is 12.2. The Morgan fingerprint density at radius 1 is 1.00 bits per heavy atom. The molecule has 212 valence electrons. The molecule has 1 amide bonds. The van der Waals surface area contributed by atoms with Crippen molar-refractivity contribution in [2.75, 3.05) is 19.7 Å². The summed E-state index contributed by atoms with van der Waals surface area (Å²) in [6.07, 6.45) is 1.50. The summed E-state index contributed by atoms with van der Waals surface area (Å²) in [5.74, 6) is 2.80. The van der Waals surface area contributed by atoms with Crippen LogP contribution >= 0.6 is 35.0 Å². The van der Waals surface area contributed by atoms with Crippen LogP contribution in [0, 0.1) is 0 Å². The van der Waals surface area contributed by atoms with Crippen molar-refractivity contribution in [3.63, 3.8) is 0 Å². The fourth-order valence-corrected chi connectivity index (χ4v) is 4.54. The minimum absolute atomic E-state index is 0.0110. The molecule has 1 aromatic heterocycles. The molecule has 14 heteroatoms. The van der Waals surface area contributed by atoms with Crippen LogP contribution in [0.1, 0.15) is 17.0 Å². The van der Waals surface area contributed by atoms with Crippen LogP contribution in [0.2, 0.25) is 10.0 Å². The van der Waals surface area contributed by atoms with Crippen LogP contribution in [-0.2, 0) is 18.0 Å². The number of fused-ring (bicyclic) bond motifs is 1. The molecule has 3 aromatic carbocycles. The standard InChI is InChI=1S/C27H22Cl2N4O7S/c1-35-23-8-16(2-5-21(23)36-12-17-3-6-22-24(9-17)39-15-38-22)11-30-31-25(34)14-41-27-33-32-26(40-27)13-37-20-7-4-18(28)10-19(20)29/h2-11H,12-15H2,1H3,(H,31,34)/b30-11-. The molecule has 2 heterocycles. The van der Waals surface area contributed by atoms with E-state index in [0.717, 1.165) is 17.3 Å². The molecule has 0 saturated heterocycles. The number of methoxy groups -OCH3 is 1. The van der Waals surface area contributed by atoms with Crippen LogP contribution in [0.25, 0.3) is 0 Å². The predicted molar refractivity (Wildman–Crippen MR) is 151 cm³/mol. The van der Waals surface area contributed by atoms with Gasteiger partial charge in [0.2, 0.25) is 6.79 Å². The van der Waals surface area contributed by atoms with Crippen molar-refractivity contribution in [3.05, 3.63) is 81.7 Å². The normalized spacial score (nSPS) is 12.0. The first-order valence-corrected chi connectivity index (χ1v) is 13.8. The van der Waals surface area contributed by atoms with E-state index in [1.165, 1.54) is 6.21 Å². The lowest BCUT2D eigenvalue weighted by atomic mass is 10.2. The summed E-state index contributed by atoms with van der Waals surface area (Å²) < 4.78 is 33.2. The summed E-state index contributed by atoms with van der Waals surface area (Å²) in [6, 6.07) is 15.8. The van der Waals surface area contributed by atoms with Gasteiger partial charge in [-0.1, -0.05) is 41.0 Å². The molecule has 1 aliphatic heterocycles.